The first-order chi connectivity index (χ1) is 19.6. The highest BCUT2D eigenvalue weighted by Crippen LogP contribution is 2.35. The Morgan fingerprint density at radius 3 is 2.21 bits per heavy atom. The van der Waals surface area contributed by atoms with Crippen LogP contribution in [0.3, 0.4) is 0 Å². The fourth-order valence-corrected chi connectivity index (χ4v) is 5.57. The van der Waals surface area contributed by atoms with Gasteiger partial charge in [0.2, 0.25) is 5.91 Å². The molecule has 17 atom stereocenters. The molecule has 0 aromatic heterocycles. The van der Waals surface area contributed by atoms with E-state index in [-0.39, 0.29) is 13.0 Å². The average Bonchev–Trinajstić information content (AvgIpc) is 3.21. The van der Waals surface area contributed by atoms with Crippen LogP contribution in [0, 0.1) is 5.92 Å². The van der Waals surface area contributed by atoms with Crippen LogP contribution >= 0.6 is 0 Å². The normalized spacial score (nSPS) is 46.7. The molecule has 0 aliphatic carbocycles. The molecule has 0 radical (unpaired) electrons. The molecule has 0 aromatic carbocycles. The van der Waals surface area contributed by atoms with E-state index in [0.717, 1.165) is 0 Å². The molecule has 0 bridgehead atoms. The maximum absolute atomic E-state index is 12.7. The Kier molecular flexibility index (Phi) is 12.0. The van der Waals surface area contributed by atoms with Crippen LogP contribution in [0.15, 0.2) is 0 Å². The van der Waals surface area contributed by atoms with Crippen LogP contribution in [-0.2, 0) is 23.7 Å². The van der Waals surface area contributed by atoms with Crippen molar-refractivity contribution in [3.8, 4) is 0 Å². The molecule has 3 saturated heterocycles. The van der Waals surface area contributed by atoms with E-state index in [1.165, 1.54) is 6.92 Å². The molecule has 15 N–H and O–H groups in total. The number of hydrogen-bond acceptors (Lipinski definition) is 16. The monoisotopic (exact) mass is 611 g/mol. The zero-order chi connectivity index (χ0) is 31.7. The summed E-state index contributed by atoms with van der Waals surface area (Å²) >= 11 is 0. The molecule has 0 saturated carbocycles. The Bertz CT molecular complexity index is 891. The van der Waals surface area contributed by atoms with Gasteiger partial charge in [0, 0.05) is 12.1 Å². The van der Waals surface area contributed by atoms with Crippen molar-refractivity contribution >= 4 is 5.91 Å². The number of amides is 1. The van der Waals surface area contributed by atoms with E-state index in [4.69, 9.17) is 36.1 Å². The molecule has 0 spiro atoms. The van der Waals surface area contributed by atoms with Gasteiger partial charge >= 0.3 is 0 Å². The van der Waals surface area contributed by atoms with E-state index in [9.17, 15) is 40.5 Å². The third-order valence-corrected chi connectivity index (χ3v) is 8.49. The van der Waals surface area contributed by atoms with Crippen LogP contribution in [0.4, 0.5) is 0 Å². The third kappa shape index (κ3) is 7.22. The van der Waals surface area contributed by atoms with Crippen LogP contribution in [0.1, 0.15) is 34.1 Å². The van der Waals surface area contributed by atoms with Crippen LogP contribution < -0.4 is 27.8 Å². The number of nitrogens with two attached hydrogens (primary N) is 3. The van der Waals surface area contributed by atoms with Crippen molar-refractivity contribution in [1.29, 1.82) is 0 Å². The van der Waals surface area contributed by atoms with Gasteiger partial charge in [0.05, 0.1) is 18.8 Å². The molecule has 0 aromatic rings. The molecular weight excluding hydrogens is 562 g/mol. The van der Waals surface area contributed by atoms with Gasteiger partial charge < -0.3 is 77.2 Å². The van der Waals surface area contributed by atoms with Crippen molar-refractivity contribution < 1.29 is 59.5 Å². The summed E-state index contributed by atoms with van der Waals surface area (Å²) in [4.78, 5) is 12.7. The van der Waals surface area contributed by atoms with Crippen molar-refractivity contribution in [1.82, 2.24) is 10.6 Å². The SMILES string of the molecule is CC(N)C(C)C1OC(OC2C(OC3OC(CO)C(O)C(O)C3N)C(C)NC(C)(NC(=O)C(O)CCN)C2O)C(O)C1O. The van der Waals surface area contributed by atoms with Crippen LogP contribution in [-0.4, -0.2) is 152 Å². The van der Waals surface area contributed by atoms with Gasteiger partial charge in [-0.1, -0.05) is 6.92 Å². The second-order valence-electron chi connectivity index (χ2n) is 11.8. The highest BCUT2D eigenvalue weighted by molar-refractivity contribution is 5.81. The van der Waals surface area contributed by atoms with Gasteiger partial charge in [-0.15, -0.1) is 0 Å². The minimum atomic E-state index is -1.64. The quantitative estimate of drug-likeness (QED) is 0.103. The molecule has 3 aliphatic rings. The number of ether oxygens (including phenoxy) is 4. The lowest BCUT2D eigenvalue weighted by Crippen LogP contribution is -2.78. The molecule has 17 heteroatoms. The molecule has 3 aliphatic heterocycles. The first kappa shape index (κ1) is 35.4. The first-order valence-corrected chi connectivity index (χ1v) is 14.2. The second kappa shape index (κ2) is 14.3. The fourth-order valence-electron chi connectivity index (χ4n) is 5.57. The van der Waals surface area contributed by atoms with Gasteiger partial charge in [-0.25, -0.2) is 0 Å². The Morgan fingerprint density at radius 1 is 1.02 bits per heavy atom. The Hall–Kier alpha value is -1.13. The van der Waals surface area contributed by atoms with E-state index in [1.807, 2.05) is 0 Å². The van der Waals surface area contributed by atoms with E-state index < -0.39 is 116 Å². The summed E-state index contributed by atoms with van der Waals surface area (Å²) in [6.45, 7) is 5.91. The van der Waals surface area contributed by atoms with Gasteiger partial charge in [0.25, 0.3) is 0 Å². The Balaban J connectivity index is 1.91. The third-order valence-electron chi connectivity index (χ3n) is 8.49. The molecule has 42 heavy (non-hydrogen) atoms. The van der Waals surface area contributed by atoms with Crippen molar-refractivity contribution in [3.05, 3.63) is 0 Å². The Morgan fingerprint density at radius 2 is 1.64 bits per heavy atom. The molecule has 3 heterocycles. The average molecular weight is 612 g/mol. The van der Waals surface area contributed by atoms with Crippen LogP contribution in [0.2, 0.25) is 0 Å². The molecule has 3 rings (SSSR count). The lowest BCUT2D eigenvalue weighted by molar-refractivity contribution is -0.316. The zero-order valence-corrected chi connectivity index (χ0v) is 24.3. The van der Waals surface area contributed by atoms with E-state index >= 15 is 0 Å². The molecule has 3 fully saturated rings. The van der Waals surface area contributed by atoms with Crippen LogP contribution in [0.25, 0.3) is 0 Å². The van der Waals surface area contributed by atoms with Gasteiger partial charge in [0.15, 0.2) is 12.6 Å². The summed E-state index contributed by atoms with van der Waals surface area (Å²) in [7, 11) is 0. The van der Waals surface area contributed by atoms with Crippen molar-refractivity contribution in [2.45, 2.75) is 132 Å². The maximum atomic E-state index is 12.7. The molecular formula is C25H49N5O12. The Labute approximate surface area is 244 Å². The lowest BCUT2D eigenvalue weighted by Gasteiger charge is -2.52. The topological polar surface area (TPSA) is 298 Å². The summed E-state index contributed by atoms with van der Waals surface area (Å²) in [5.41, 5.74) is 15.9. The number of carbonyl (C=O) groups excluding carboxylic acids is 1. The molecule has 1 amide bonds. The predicted molar refractivity (Wildman–Crippen MR) is 144 cm³/mol. The number of carbonyl (C=O) groups is 1. The summed E-state index contributed by atoms with van der Waals surface area (Å²) in [6.07, 6.45) is -16.7. The minimum absolute atomic E-state index is 0.0323. The number of aliphatic hydroxyl groups is 7. The largest absolute Gasteiger partial charge is 0.394 e. The smallest absolute Gasteiger partial charge is 0.250 e. The minimum Gasteiger partial charge on any atom is -0.394 e. The predicted octanol–water partition coefficient (Wildman–Crippen LogP) is -6.15. The summed E-state index contributed by atoms with van der Waals surface area (Å²) in [5.74, 6) is -1.21. The summed E-state index contributed by atoms with van der Waals surface area (Å²) in [6, 6.07) is -2.45. The summed E-state index contributed by atoms with van der Waals surface area (Å²) in [5, 5.41) is 79.0. The lowest BCUT2D eigenvalue weighted by atomic mass is 9.86. The van der Waals surface area contributed by atoms with Gasteiger partial charge in [-0.05, 0) is 39.7 Å². The second-order valence-corrected chi connectivity index (χ2v) is 11.8. The first-order valence-electron chi connectivity index (χ1n) is 14.2. The number of hydrogen-bond donors (Lipinski definition) is 12. The molecule has 17 unspecified atom stereocenters. The summed E-state index contributed by atoms with van der Waals surface area (Å²) < 4.78 is 23.6. The van der Waals surface area contributed by atoms with Gasteiger partial charge in [-0.3, -0.25) is 10.1 Å². The van der Waals surface area contributed by atoms with E-state index in [0.29, 0.717) is 0 Å². The fraction of sp³-hybridized carbons (Fsp3) is 0.960. The highest BCUT2D eigenvalue weighted by Gasteiger charge is 2.56. The van der Waals surface area contributed by atoms with Crippen molar-refractivity contribution in [3.63, 3.8) is 0 Å². The maximum Gasteiger partial charge on any atom is 0.250 e. The van der Waals surface area contributed by atoms with Crippen LogP contribution in [0.5, 0.6) is 0 Å². The van der Waals surface area contributed by atoms with Crippen molar-refractivity contribution in [2.24, 2.45) is 23.1 Å². The standard InChI is InChI=1S/C25H49N5O12/c1-8(9(2)27)18-16(35)17(36)24(40-18)42-20-19(41-23-13(28)15(34)14(33)12(7-31)39-23)10(3)29-25(4,21(20)37)30-22(38)11(32)5-6-26/h8-21,23-24,29,31-37H,5-7,26-28H2,1-4H3,(H,30,38). The van der Waals surface area contributed by atoms with Gasteiger partial charge in [0.1, 0.15) is 60.6 Å². The number of piperidine rings is 1. The van der Waals surface area contributed by atoms with Gasteiger partial charge in [-0.2, -0.15) is 0 Å². The highest BCUT2D eigenvalue weighted by atomic mass is 16.7. The zero-order valence-electron chi connectivity index (χ0n) is 24.3. The van der Waals surface area contributed by atoms with Crippen molar-refractivity contribution in [2.75, 3.05) is 13.2 Å². The molecule has 246 valence electrons. The van der Waals surface area contributed by atoms with E-state index in [1.54, 1.807) is 20.8 Å². The number of nitrogens with one attached hydrogen (secondary N) is 2. The van der Waals surface area contributed by atoms with E-state index in [2.05, 4.69) is 10.6 Å². The number of aliphatic hydroxyl groups excluding tert-OH is 7. The number of rotatable bonds is 11. The molecule has 17 nitrogen and oxygen atoms in total.